The maximum atomic E-state index is 11.7. The molecule has 0 bridgehead atoms. The predicted molar refractivity (Wildman–Crippen MR) is 86.1 cm³/mol. The lowest BCUT2D eigenvalue weighted by Crippen LogP contribution is -2.54. The fourth-order valence-electron chi connectivity index (χ4n) is 3.26. The normalized spacial score (nSPS) is 24.2. The molecule has 1 amide bonds. The summed E-state index contributed by atoms with van der Waals surface area (Å²) in [6, 6.07) is 1.24. The molecule has 1 aliphatic carbocycles. The molecule has 1 heterocycles. The quantitative estimate of drug-likeness (QED) is 0.695. The van der Waals surface area contributed by atoms with Crippen LogP contribution in [-0.4, -0.2) is 67.1 Å². The minimum atomic E-state index is -0.525. The number of carbonyl (C=O) groups excluding carboxylic acids is 1. The van der Waals surface area contributed by atoms with E-state index >= 15 is 0 Å². The summed E-state index contributed by atoms with van der Waals surface area (Å²) in [4.78, 5) is 16.6. The van der Waals surface area contributed by atoms with E-state index < -0.39 is 5.54 Å². The zero-order valence-corrected chi connectivity index (χ0v) is 13.9. The molecule has 0 aromatic carbocycles. The highest BCUT2D eigenvalue weighted by atomic mass is 16.1. The molecule has 21 heavy (non-hydrogen) atoms. The highest BCUT2D eigenvalue weighted by Gasteiger charge is 2.36. The molecule has 1 saturated carbocycles. The van der Waals surface area contributed by atoms with Crippen LogP contribution in [0.1, 0.15) is 45.4 Å². The second kappa shape index (κ2) is 7.07. The van der Waals surface area contributed by atoms with Gasteiger partial charge in [-0.15, -0.1) is 0 Å². The average Bonchev–Trinajstić information content (AvgIpc) is 3.23. The summed E-state index contributed by atoms with van der Waals surface area (Å²) in [6.07, 6.45) is 6.74. The molecular weight excluding hydrogens is 264 g/mol. The Bertz CT molecular complexity index is 348. The first-order valence-corrected chi connectivity index (χ1v) is 8.37. The molecule has 5 heteroatoms. The standard InChI is InChI=1S/C16H32N4O/c1-16(15(17)21,18-13-5-6-13)9-4-10-20-11-7-14(8-12-20)19(2)3/h13-14,18H,4-12H2,1-3H3,(H2,17,21). The second-order valence-electron chi connectivity index (χ2n) is 7.25. The molecule has 5 nitrogen and oxygen atoms in total. The third kappa shape index (κ3) is 4.94. The molecule has 1 atom stereocenters. The molecule has 3 N–H and O–H groups in total. The molecule has 2 rings (SSSR count). The minimum absolute atomic E-state index is 0.208. The summed E-state index contributed by atoms with van der Waals surface area (Å²) in [7, 11) is 4.34. The number of rotatable bonds is 8. The summed E-state index contributed by atoms with van der Waals surface area (Å²) >= 11 is 0. The number of carbonyl (C=O) groups is 1. The van der Waals surface area contributed by atoms with Gasteiger partial charge in [-0.3, -0.25) is 4.79 Å². The van der Waals surface area contributed by atoms with Gasteiger partial charge in [-0.1, -0.05) is 0 Å². The lowest BCUT2D eigenvalue weighted by atomic mass is 9.94. The monoisotopic (exact) mass is 296 g/mol. The van der Waals surface area contributed by atoms with Crippen molar-refractivity contribution in [1.29, 1.82) is 0 Å². The van der Waals surface area contributed by atoms with Crippen LogP contribution < -0.4 is 11.1 Å². The lowest BCUT2D eigenvalue weighted by Gasteiger charge is -2.36. The molecule has 1 unspecified atom stereocenters. The van der Waals surface area contributed by atoms with E-state index in [1.807, 2.05) is 6.92 Å². The Kier molecular flexibility index (Phi) is 5.63. The number of nitrogens with two attached hydrogens (primary N) is 1. The molecule has 2 aliphatic rings. The summed E-state index contributed by atoms with van der Waals surface area (Å²) in [5.74, 6) is -0.208. The number of hydrogen-bond donors (Lipinski definition) is 2. The second-order valence-corrected chi connectivity index (χ2v) is 7.25. The van der Waals surface area contributed by atoms with Crippen LogP contribution in [0.25, 0.3) is 0 Å². The Balaban J connectivity index is 1.69. The van der Waals surface area contributed by atoms with E-state index in [4.69, 9.17) is 5.73 Å². The largest absolute Gasteiger partial charge is 0.368 e. The number of primary amides is 1. The number of piperidine rings is 1. The molecule has 0 aromatic rings. The van der Waals surface area contributed by atoms with E-state index in [0.29, 0.717) is 6.04 Å². The van der Waals surface area contributed by atoms with Gasteiger partial charge < -0.3 is 20.9 Å². The Labute approximate surface area is 129 Å². The van der Waals surface area contributed by atoms with Gasteiger partial charge in [0.15, 0.2) is 0 Å². The highest BCUT2D eigenvalue weighted by molar-refractivity contribution is 5.84. The van der Waals surface area contributed by atoms with Gasteiger partial charge >= 0.3 is 0 Å². The van der Waals surface area contributed by atoms with Crippen LogP contribution in [0.5, 0.6) is 0 Å². The Morgan fingerprint density at radius 2 is 1.90 bits per heavy atom. The fourth-order valence-corrected chi connectivity index (χ4v) is 3.26. The van der Waals surface area contributed by atoms with Crippen molar-refractivity contribution < 1.29 is 4.79 Å². The SMILES string of the molecule is CN(C)C1CCN(CCCC(C)(NC2CC2)C(N)=O)CC1. The molecule has 2 fully saturated rings. The van der Waals surface area contributed by atoms with E-state index in [1.165, 1.54) is 38.8 Å². The highest BCUT2D eigenvalue weighted by Crippen LogP contribution is 2.25. The Morgan fingerprint density at radius 1 is 1.29 bits per heavy atom. The van der Waals surface area contributed by atoms with Gasteiger partial charge in [-0.25, -0.2) is 0 Å². The van der Waals surface area contributed by atoms with Crippen LogP contribution >= 0.6 is 0 Å². The van der Waals surface area contributed by atoms with Crippen LogP contribution in [-0.2, 0) is 4.79 Å². The van der Waals surface area contributed by atoms with Crippen LogP contribution in [0.3, 0.4) is 0 Å². The Hall–Kier alpha value is -0.650. The summed E-state index contributed by atoms with van der Waals surface area (Å²) < 4.78 is 0. The van der Waals surface area contributed by atoms with E-state index in [2.05, 4.69) is 29.2 Å². The molecule has 0 aromatic heterocycles. The van der Waals surface area contributed by atoms with Crippen molar-refractivity contribution >= 4 is 5.91 Å². The minimum Gasteiger partial charge on any atom is -0.368 e. The van der Waals surface area contributed by atoms with E-state index in [1.54, 1.807) is 0 Å². The van der Waals surface area contributed by atoms with Gasteiger partial charge in [0, 0.05) is 12.1 Å². The van der Waals surface area contributed by atoms with Gasteiger partial charge in [0.25, 0.3) is 0 Å². The van der Waals surface area contributed by atoms with Crippen LogP contribution in [0.15, 0.2) is 0 Å². The van der Waals surface area contributed by atoms with Crippen molar-refractivity contribution in [2.24, 2.45) is 5.73 Å². The van der Waals surface area contributed by atoms with Crippen LogP contribution in [0, 0.1) is 0 Å². The number of likely N-dealkylation sites (tertiary alicyclic amines) is 1. The summed E-state index contributed by atoms with van der Waals surface area (Å²) in [5, 5.41) is 3.43. The van der Waals surface area contributed by atoms with Crippen molar-refractivity contribution in [3.63, 3.8) is 0 Å². The first-order chi connectivity index (χ1) is 9.90. The van der Waals surface area contributed by atoms with Crippen LogP contribution in [0.2, 0.25) is 0 Å². The average molecular weight is 296 g/mol. The molecule has 1 aliphatic heterocycles. The van der Waals surface area contributed by atoms with Gasteiger partial charge in [0.1, 0.15) is 0 Å². The number of amides is 1. The number of nitrogens with zero attached hydrogens (tertiary/aromatic N) is 2. The van der Waals surface area contributed by atoms with Gasteiger partial charge in [-0.2, -0.15) is 0 Å². The molecule has 0 radical (unpaired) electrons. The molecular formula is C16H32N4O. The maximum Gasteiger partial charge on any atom is 0.237 e. The summed E-state index contributed by atoms with van der Waals surface area (Å²) in [6.45, 7) is 5.39. The van der Waals surface area contributed by atoms with Crippen molar-refractivity contribution in [2.45, 2.75) is 63.1 Å². The summed E-state index contributed by atoms with van der Waals surface area (Å²) in [5.41, 5.74) is 5.07. The first kappa shape index (κ1) is 16.7. The van der Waals surface area contributed by atoms with Crippen molar-refractivity contribution in [3.8, 4) is 0 Å². The molecule has 1 saturated heterocycles. The van der Waals surface area contributed by atoms with Crippen molar-refractivity contribution in [2.75, 3.05) is 33.7 Å². The van der Waals surface area contributed by atoms with Crippen molar-refractivity contribution in [1.82, 2.24) is 15.1 Å². The lowest BCUT2D eigenvalue weighted by molar-refractivity contribution is -0.124. The van der Waals surface area contributed by atoms with Gasteiger partial charge in [0.05, 0.1) is 5.54 Å². The van der Waals surface area contributed by atoms with E-state index in [0.717, 1.165) is 25.4 Å². The topological polar surface area (TPSA) is 61.6 Å². The van der Waals surface area contributed by atoms with E-state index in [-0.39, 0.29) is 5.91 Å². The first-order valence-electron chi connectivity index (χ1n) is 8.37. The van der Waals surface area contributed by atoms with Crippen molar-refractivity contribution in [3.05, 3.63) is 0 Å². The van der Waals surface area contributed by atoms with Crippen LogP contribution in [0.4, 0.5) is 0 Å². The van der Waals surface area contributed by atoms with E-state index in [9.17, 15) is 4.79 Å². The fraction of sp³-hybridized carbons (Fsp3) is 0.938. The zero-order valence-electron chi connectivity index (χ0n) is 13.9. The number of hydrogen-bond acceptors (Lipinski definition) is 4. The predicted octanol–water partition coefficient (Wildman–Crippen LogP) is 0.789. The third-order valence-electron chi connectivity index (χ3n) is 5.08. The number of nitrogens with one attached hydrogen (secondary N) is 1. The molecule has 0 spiro atoms. The van der Waals surface area contributed by atoms with Gasteiger partial charge in [0.2, 0.25) is 5.91 Å². The zero-order chi connectivity index (χ0) is 15.5. The third-order valence-corrected chi connectivity index (χ3v) is 5.08. The maximum absolute atomic E-state index is 11.7. The smallest absolute Gasteiger partial charge is 0.237 e. The molecule has 122 valence electrons. The Morgan fingerprint density at radius 3 is 2.38 bits per heavy atom. The van der Waals surface area contributed by atoms with Gasteiger partial charge in [-0.05, 0) is 79.2 Å².